The molecule has 0 saturated carbocycles. The molecule has 23 heavy (non-hydrogen) atoms. The molecule has 2 aromatic rings. The molecule has 1 N–H and O–H groups in total. The van der Waals surface area contributed by atoms with Crippen LogP contribution >= 0.6 is 11.6 Å². The summed E-state index contributed by atoms with van der Waals surface area (Å²) in [6.45, 7) is 1.77. The molecule has 1 aromatic heterocycles. The summed E-state index contributed by atoms with van der Waals surface area (Å²) in [7, 11) is 0. The van der Waals surface area contributed by atoms with Gasteiger partial charge in [-0.15, -0.1) is 5.10 Å². The van der Waals surface area contributed by atoms with E-state index in [0.29, 0.717) is 5.82 Å². The number of anilines is 3. The lowest BCUT2D eigenvalue weighted by Gasteiger charge is -2.16. The number of hydrogen-bond donors (Lipinski definition) is 1. The minimum atomic E-state index is -4.52. The van der Waals surface area contributed by atoms with Crippen LogP contribution in [0.3, 0.4) is 0 Å². The third-order valence-electron chi connectivity index (χ3n) is 3.50. The fourth-order valence-corrected chi connectivity index (χ4v) is 2.62. The van der Waals surface area contributed by atoms with Crippen molar-refractivity contribution in [1.29, 1.82) is 0 Å². The molecule has 1 fully saturated rings. The first kappa shape index (κ1) is 15.8. The lowest BCUT2D eigenvalue weighted by atomic mass is 10.2. The zero-order chi connectivity index (χ0) is 16.4. The molecule has 9 heteroatoms. The molecule has 122 valence electrons. The maximum absolute atomic E-state index is 12.9. The second-order valence-corrected chi connectivity index (χ2v) is 5.56. The zero-order valence-corrected chi connectivity index (χ0v) is 12.7. The maximum Gasteiger partial charge on any atom is 0.417 e. The Kier molecular flexibility index (Phi) is 4.25. The average molecular weight is 344 g/mol. The summed E-state index contributed by atoms with van der Waals surface area (Å²) in [5.74, 6) is 0.801. The molecule has 3 rings (SSSR count). The van der Waals surface area contributed by atoms with Crippen LogP contribution in [-0.2, 0) is 6.18 Å². The van der Waals surface area contributed by atoms with Gasteiger partial charge in [-0.3, -0.25) is 0 Å². The Hall–Kier alpha value is -2.09. The number of nitrogens with zero attached hydrogens (tertiary/aromatic N) is 4. The fourth-order valence-electron chi connectivity index (χ4n) is 2.40. The van der Waals surface area contributed by atoms with Gasteiger partial charge in [0.2, 0.25) is 5.95 Å². The normalized spacial score (nSPS) is 15.0. The third kappa shape index (κ3) is 3.64. The van der Waals surface area contributed by atoms with Crippen LogP contribution < -0.4 is 10.2 Å². The zero-order valence-electron chi connectivity index (χ0n) is 11.9. The van der Waals surface area contributed by atoms with E-state index in [1.165, 1.54) is 12.1 Å². The van der Waals surface area contributed by atoms with Crippen LogP contribution in [0.4, 0.5) is 30.6 Å². The lowest BCUT2D eigenvalue weighted by molar-refractivity contribution is -0.137. The molecule has 5 nitrogen and oxygen atoms in total. The number of rotatable bonds is 3. The van der Waals surface area contributed by atoms with Crippen LogP contribution in [0.15, 0.2) is 24.4 Å². The number of alkyl halides is 3. The number of benzene rings is 1. The number of aromatic nitrogens is 3. The van der Waals surface area contributed by atoms with E-state index in [9.17, 15) is 13.2 Å². The number of halogens is 4. The van der Waals surface area contributed by atoms with E-state index >= 15 is 0 Å². The monoisotopic (exact) mass is 343 g/mol. The van der Waals surface area contributed by atoms with Crippen molar-refractivity contribution in [3.05, 3.63) is 35.0 Å². The van der Waals surface area contributed by atoms with Crippen molar-refractivity contribution in [3.8, 4) is 0 Å². The van der Waals surface area contributed by atoms with Gasteiger partial charge in [0.15, 0.2) is 5.82 Å². The van der Waals surface area contributed by atoms with Gasteiger partial charge in [-0.25, -0.2) is 0 Å². The van der Waals surface area contributed by atoms with E-state index in [1.807, 2.05) is 0 Å². The molecule has 1 aromatic carbocycles. The Labute approximate surface area is 135 Å². The first-order valence-electron chi connectivity index (χ1n) is 7.02. The third-order valence-corrected chi connectivity index (χ3v) is 3.83. The minimum absolute atomic E-state index is 0.143. The fraction of sp³-hybridized carbons (Fsp3) is 0.357. The van der Waals surface area contributed by atoms with E-state index in [1.54, 1.807) is 6.20 Å². The molecule has 0 bridgehead atoms. The van der Waals surface area contributed by atoms with E-state index < -0.39 is 11.7 Å². The summed E-state index contributed by atoms with van der Waals surface area (Å²) < 4.78 is 38.6. The van der Waals surface area contributed by atoms with Gasteiger partial charge in [-0.05, 0) is 31.0 Å². The molecule has 0 spiro atoms. The van der Waals surface area contributed by atoms with Gasteiger partial charge in [0, 0.05) is 18.8 Å². The predicted molar refractivity (Wildman–Crippen MR) is 81.0 cm³/mol. The summed E-state index contributed by atoms with van der Waals surface area (Å²) in [6.07, 6.45) is -0.817. The quantitative estimate of drug-likeness (QED) is 0.916. The van der Waals surface area contributed by atoms with Crippen LogP contribution in [0.2, 0.25) is 5.02 Å². The highest BCUT2D eigenvalue weighted by Crippen LogP contribution is 2.36. The smallest absolute Gasteiger partial charge is 0.355 e. The van der Waals surface area contributed by atoms with Crippen molar-refractivity contribution in [3.63, 3.8) is 0 Å². The summed E-state index contributed by atoms with van der Waals surface area (Å²) in [5, 5.41) is 10.0. The van der Waals surface area contributed by atoms with Gasteiger partial charge in [0.25, 0.3) is 0 Å². The van der Waals surface area contributed by atoms with Gasteiger partial charge < -0.3 is 10.2 Å². The summed E-state index contributed by atoms with van der Waals surface area (Å²) in [5.41, 5.74) is -0.713. The summed E-state index contributed by atoms with van der Waals surface area (Å²) in [4.78, 5) is 6.35. The summed E-state index contributed by atoms with van der Waals surface area (Å²) in [6, 6.07) is 3.54. The SMILES string of the molecule is FC(F)(F)c1cc(Nc2nncc(N3CCCC3)n2)ccc1Cl. The van der Waals surface area contributed by atoms with Gasteiger partial charge in [-0.1, -0.05) is 11.6 Å². The molecule has 0 amide bonds. The van der Waals surface area contributed by atoms with Crippen molar-refractivity contribution in [2.45, 2.75) is 19.0 Å². The largest absolute Gasteiger partial charge is 0.417 e. The Morgan fingerprint density at radius 1 is 1.17 bits per heavy atom. The highest BCUT2D eigenvalue weighted by atomic mass is 35.5. The molecule has 1 aliphatic rings. The first-order chi connectivity index (χ1) is 10.9. The van der Waals surface area contributed by atoms with Crippen LogP contribution in [0.5, 0.6) is 0 Å². The highest BCUT2D eigenvalue weighted by molar-refractivity contribution is 6.31. The minimum Gasteiger partial charge on any atom is -0.355 e. The molecule has 1 saturated heterocycles. The molecule has 0 aliphatic carbocycles. The topological polar surface area (TPSA) is 53.9 Å². The van der Waals surface area contributed by atoms with Gasteiger partial charge in [0.1, 0.15) is 0 Å². The van der Waals surface area contributed by atoms with E-state index in [-0.39, 0.29) is 16.7 Å². The lowest BCUT2D eigenvalue weighted by Crippen LogP contribution is -2.20. The van der Waals surface area contributed by atoms with Crippen molar-refractivity contribution in [2.24, 2.45) is 0 Å². The number of nitrogens with one attached hydrogen (secondary N) is 1. The Bertz CT molecular complexity index is 701. The highest BCUT2D eigenvalue weighted by Gasteiger charge is 2.33. The molecule has 0 radical (unpaired) electrons. The Morgan fingerprint density at radius 2 is 1.91 bits per heavy atom. The van der Waals surface area contributed by atoms with Gasteiger partial charge in [0.05, 0.1) is 16.8 Å². The molecular formula is C14H13ClF3N5. The predicted octanol–water partition coefficient (Wildman–Crippen LogP) is 3.89. The molecule has 1 aliphatic heterocycles. The van der Waals surface area contributed by atoms with Crippen molar-refractivity contribution in [2.75, 3.05) is 23.3 Å². The average Bonchev–Trinajstić information content (AvgIpc) is 3.03. The van der Waals surface area contributed by atoms with Crippen LogP contribution in [0.25, 0.3) is 0 Å². The second kappa shape index (κ2) is 6.19. The Morgan fingerprint density at radius 3 is 2.61 bits per heavy atom. The van der Waals surface area contributed by atoms with E-state index in [2.05, 4.69) is 25.4 Å². The number of hydrogen-bond acceptors (Lipinski definition) is 5. The second-order valence-electron chi connectivity index (χ2n) is 5.15. The molecular weight excluding hydrogens is 331 g/mol. The van der Waals surface area contributed by atoms with E-state index in [0.717, 1.165) is 32.0 Å². The van der Waals surface area contributed by atoms with E-state index in [4.69, 9.17) is 11.6 Å². The van der Waals surface area contributed by atoms with Crippen molar-refractivity contribution < 1.29 is 13.2 Å². The first-order valence-corrected chi connectivity index (χ1v) is 7.40. The molecule has 0 atom stereocenters. The van der Waals surface area contributed by atoms with Crippen LogP contribution in [-0.4, -0.2) is 28.3 Å². The van der Waals surface area contributed by atoms with Crippen molar-refractivity contribution >= 4 is 29.1 Å². The van der Waals surface area contributed by atoms with Crippen molar-refractivity contribution in [1.82, 2.24) is 15.2 Å². The molecule has 2 heterocycles. The van der Waals surface area contributed by atoms with Crippen LogP contribution in [0.1, 0.15) is 18.4 Å². The van der Waals surface area contributed by atoms with Crippen LogP contribution in [0, 0.1) is 0 Å². The maximum atomic E-state index is 12.9. The summed E-state index contributed by atoms with van der Waals surface area (Å²) >= 11 is 5.60. The molecule has 0 unspecified atom stereocenters. The van der Waals surface area contributed by atoms with Gasteiger partial charge in [-0.2, -0.15) is 23.3 Å². The Balaban J connectivity index is 1.83. The standard InChI is InChI=1S/C14H13ClF3N5/c15-11-4-3-9(7-10(11)14(16,17)18)20-13-21-12(8-19-22-13)23-5-1-2-6-23/h3-4,7-8H,1-2,5-6H2,(H,20,21,22). The van der Waals surface area contributed by atoms with Gasteiger partial charge >= 0.3 is 6.18 Å².